The SMILES string of the molecule is Cc1ccc(OCCC=O)cc1C. The maximum Gasteiger partial charge on any atom is 0.123 e. The fraction of sp³-hybridized carbons (Fsp3) is 0.364. The fourth-order valence-corrected chi connectivity index (χ4v) is 1.03. The number of benzene rings is 1. The highest BCUT2D eigenvalue weighted by Crippen LogP contribution is 2.16. The first-order valence-electron chi connectivity index (χ1n) is 4.37. The number of carbonyl (C=O) groups is 1. The van der Waals surface area contributed by atoms with Gasteiger partial charge in [0.2, 0.25) is 0 Å². The van der Waals surface area contributed by atoms with E-state index in [0.717, 1.165) is 12.0 Å². The Labute approximate surface area is 78.5 Å². The summed E-state index contributed by atoms with van der Waals surface area (Å²) in [7, 11) is 0. The second-order valence-corrected chi connectivity index (χ2v) is 3.05. The maximum absolute atomic E-state index is 10.0. The molecule has 13 heavy (non-hydrogen) atoms. The molecule has 0 radical (unpaired) electrons. The third kappa shape index (κ3) is 2.90. The van der Waals surface area contributed by atoms with Gasteiger partial charge in [-0.25, -0.2) is 0 Å². The zero-order valence-electron chi connectivity index (χ0n) is 8.04. The normalized spacial score (nSPS) is 9.69. The van der Waals surface area contributed by atoms with Crippen LogP contribution in [0.15, 0.2) is 18.2 Å². The number of carbonyl (C=O) groups excluding carboxylic acids is 1. The van der Waals surface area contributed by atoms with Crippen LogP contribution in [-0.4, -0.2) is 12.9 Å². The van der Waals surface area contributed by atoms with Crippen LogP contribution in [0.5, 0.6) is 5.75 Å². The van der Waals surface area contributed by atoms with Gasteiger partial charge in [-0.3, -0.25) is 0 Å². The molecule has 0 N–H and O–H groups in total. The molecule has 0 heterocycles. The van der Waals surface area contributed by atoms with E-state index in [1.807, 2.05) is 25.1 Å². The number of aldehydes is 1. The Balaban J connectivity index is 2.57. The van der Waals surface area contributed by atoms with E-state index in [4.69, 9.17) is 4.74 Å². The zero-order chi connectivity index (χ0) is 9.68. The van der Waals surface area contributed by atoms with Crippen LogP contribution in [0.2, 0.25) is 0 Å². The van der Waals surface area contributed by atoms with E-state index in [-0.39, 0.29) is 0 Å². The molecule has 0 saturated heterocycles. The molecule has 0 fully saturated rings. The molecule has 0 aliphatic carbocycles. The highest BCUT2D eigenvalue weighted by atomic mass is 16.5. The van der Waals surface area contributed by atoms with E-state index in [1.165, 1.54) is 11.1 Å². The molecule has 0 amide bonds. The molecule has 2 nitrogen and oxygen atoms in total. The van der Waals surface area contributed by atoms with Crippen molar-refractivity contribution in [2.24, 2.45) is 0 Å². The van der Waals surface area contributed by atoms with E-state index in [0.29, 0.717) is 13.0 Å². The van der Waals surface area contributed by atoms with Crippen molar-refractivity contribution in [2.75, 3.05) is 6.61 Å². The van der Waals surface area contributed by atoms with Crippen LogP contribution < -0.4 is 4.74 Å². The molecule has 0 atom stereocenters. The average molecular weight is 178 g/mol. The van der Waals surface area contributed by atoms with Gasteiger partial charge in [-0.05, 0) is 37.1 Å². The van der Waals surface area contributed by atoms with Gasteiger partial charge in [-0.15, -0.1) is 0 Å². The van der Waals surface area contributed by atoms with Crippen LogP contribution in [0.3, 0.4) is 0 Å². The first-order valence-corrected chi connectivity index (χ1v) is 4.37. The molecule has 0 saturated carbocycles. The Bertz CT molecular complexity index is 292. The second-order valence-electron chi connectivity index (χ2n) is 3.05. The molecule has 2 heteroatoms. The highest BCUT2D eigenvalue weighted by molar-refractivity contribution is 5.49. The summed E-state index contributed by atoms with van der Waals surface area (Å²) in [6.45, 7) is 4.57. The van der Waals surface area contributed by atoms with Gasteiger partial charge in [0.05, 0.1) is 6.61 Å². The Morgan fingerprint density at radius 3 is 2.69 bits per heavy atom. The monoisotopic (exact) mass is 178 g/mol. The third-order valence-corrected chi connectivity index (χ3v) is 1.98. The molecule has 0 aliphatic rings. The van der Waals surface area contributed by atoms with Crippen molar-refractivity contribution in [1.29, 1.82) is 0 Å². The number of rotatable bonds is 4. The Morgan fingerprint density at radius 2 is 2.08 bits per heavy atom. The summed E-state index contributed by atoms with van der Waals surface area (Å²) in [6.07, 6.45) is 1.31. The van der Waals surface area contributed by atoms with Crippen LogP contribution in [0, 0.1) is 13.8 Å². The fourth-order valence-electron chi connectivity index (χ4n) is 1.03. The minimum atomic E-state index is 0.451. The van der Waals surface area contributed by atoms with Gasteiger partial charge < -0.3 is 9.53 Å². The van der Waals surface area contributed by atoms with Gasteiger partial charge in [0.25, 0.3) is 0 Å². The van der Waals surface area contributed by atoms with Crippen molar-refractivity contribution < 1.29 is 9.53 Å². The first kappa shape index (κ1) is 9.78. The molecule has 1 aromatic rings. The predicted octanol–water partition coefficient (Wildman–Crippen LogP) is 2.27. The van der Waals surface area contributed by atoms with Gasteiger partial charge in [0.15, 0.2) is 0 Å². The van der Waals surface area contributed by atoms with Crippen molar-refractivity contribution in [3.8, 4) is 5.75 Å². The Morgan fingerprint density at radius 1 is 1.31 bits per heavy atom. The van der Waals surface area contributed by atoms with E-state index >= 15 is 0 Å². The molecular weight excluding hydrogens is 164 g/mol. The topological polar surface area (TPSA) is 26.3 Å². The minimum Gasteiger partial charge on any atom is -0.493 e. The molecule has 0 spiro atoms. The standard InChI is InChI=1S/C11H14O2/c1-9-4-5-11(8-10(9)2)13-7-3-6-12/h4-6,8H,3,7H2,1-2H3. The van der Waals surface area contributed by atoms with Gasteiger partial charge >= 0.3 is 0 Å². The summed E-state index contributed by atoms with van der Waals surface area (Å²) in [6, 6.07) is 5.93. The lowest BCUT2D eigenvalue weighted by Gasteiger charge is -2.06. The lowest BCUT2D eigenvalue weighted by Crippen LogP contribution is -1.97. The van der Waals surface area contributed by atoms with Crippen LogP contribution in [0.25, 0.3) is 0 Å². The summed E-state index contributed by atoms with van der Waals surface area (Å²) in [5.74, 6) is 0.838. The molecule has 0 bridgehead atoms. The average Bonchev–Trinajstić information content (AvgIpc) is 2.12. The van der Waals surface area contributed by atoms with E-state index in [1.54, 1.807) is 0 Å². The van der Waals surface area contributed by atoms with Crippen molar-refractivity contribution in [2.45, 2.75) is 20.3 Å². The number of ether oxygens (including phenoxy) is 1. The van der Waals surface area contributed by atoms with E-state index < -0.39 is 0 Å². The van der Waals surface area contributed by atoms with Gasteiger partial charge in [-0.2, -0.15) is 0 Å². The summed E-state index contributed by atoms with van der Waals surface area (Å²) >= 11 is 0. The number of hydrogen-bond donors (Lipinski definition) is 0. The zero-order valence-corrected chi connectivity index (χ0v) is 8.04. The highest BCUT2D eigenvalue weighted by Gasteiger charge is 1.96. The van der Waals surface area contributed by atoms with Crippen LogP contribution in [0.1, 0.15) is 17.5 Å². The van der Waals surface area contributed by atoms with Crippen LogP contribution in [0.4, 0.5) is 0 Å². The molecule has 1 rings (SSSR count). The molecule has 0 aromatic heterocycles. The second kappa shape index (κ2) is 4.65. The van der Waals surface area contributed by atoms with E-state index in [2.05, 4.69) is 6.92 Å². The maximum atomic E-state index is 10.0. The Kier molecular flexibility index (Phi) is 3.50. The first-order chi connectivity index (χ1) is 6.24. The molecule has 1 aromatic carbocycles. The quantitative estimate of drug-likeness (QED) is 0.522. The smallest absolute Gasteiger partial charge is 0.123 e. The molecule has 0 unspecified atom stereocenters. The van der Waals surface area contributed by atoms with E-state index in [9.17, 15) is 4.79 Å². The van der Waals surface area contributed by atoms with Crippen molar-refractivity contribution in [3.63, 3.8) is 0 Å². The van der Waals surface area contributed by atoms with Gasteiger partial charge in [0, 0.05) is 6.42 Å². The molecule has 0 aliphatic heterocycles. The summed E-state index contributed by atoms with van der Waals surface area (Å²) in [4.78, 5) is 10.0. The third-order valence-electron chi connectivity index (χ3n) is 1.98. The lowest BCUT2D eigenvalue weighted by molar-refractivity contribution is -0.108. The number of hydrogen-bond acceptors (Lipinski definition) is 2. The van der Waals surface area contributed by atoms with Crippen molar-refractivity contribution in [1.82, 2.24) is 0 Å². The molecular formula is C11H14O2. The van der Waals surface area contributed by atoms with Crippen LogP contribution >= 0.6 is 0 Å². The van der Waals surface area contributed by atoms with Crippen molar-refractivity contribution >= 4 is 6.29 Å². The minimum absolute atomic E-state index is 0.451. The van der Waals surface area contributed by atoms with Gasteiger partial charge in [-0.1, -0.05) is 6.07 Å². The lowest BCUT2D eigenvalue weighted by atomic mass is 10.1. The summed E-state index contributed by atoms with van der Waals surface area (Å²) in [5, 5.41) is 0. The predicted molar refractivity (Wildman–Crippen MR) is 52.1 cm³/mol. The Hall–Kier alpha value is -1.31. The van der Waals surface area contributed by atoms with Crippen LogP contribution in [-0.2, 0) is 4.79 Å². The summed E-state index contributed by atoms with van der Waals surface area (Å²) < 4.78 is 5.35. The molecule has 70 valence electrons. The number of aryl methyl sites for hydroxylation is 2. The van der Waals surface area contributed by atoms with Gasteiger partial charge in [0.1, 0.15) is 12.0 Å². The largest absolute Gasteiger partial charge is 0.493 e. The van der Waals surface area contributed by atoms with Crippen molar-refractivity contribution in [3.05, 3.63) is 29.3 Å². The summed E-state index contributed by atoms with van der Waals surface area (Å²) in [5.41, 5.74) is 2.46.